The lowest BCUT2D eigenvalue weighted by Gasteiger charge is -2.19. The van der Waals surface area contributed by atoms with E-state index in [1.165, 1.54) is 0 Å². The first-order valence-electron chi connectivity index (χ1n) is 3.98. The number of hydrogen-bond donors (Lipinski definition) is 0. The molecule has 2 fully saturated rings. The molecule has 0 aromatic heterocycles. The van der Waals surface area contributed by atoms with Crippen molar-refractivity contribution >= 4 is 25.8 Å². The summed E-state index contributed by atoms with van der Waals surface area (Å²) < 4.78 is 22.9. The van der Waals surface area contributed by atoms with E-state index in [2.05, 4.69) is 0 Å². The molecule has 3 rings (SSSR count). The molecule has 6 heteroatoms. The van der Waals surface area contributed by atoms with Crippen LogP contribution >= 0.6 is 10.7 Å². The van der Waals surface area contributed by atoms with Crippen LogP contribution in [0.4, 0.5) is 0 Å². The highest BCUT2D eigenvalue weighted by Gasteiger charge is 2.69. The van der Waals surface area contributed by atoms with Crippen molar-refractivity contribution in [3.63, 3.8) is 0 Å². The molecular formula is C7H6ClNO3S. The molecule has 0 spiro atoms. The van der Waals surface area contributed by atoms with Gasteiger partial charge in [-0.1, -0.05) is 12.2 Å². The summed E-state index contributed by atoms with van der Waals surface area (Å²) in [4.78, 5) is 11.5. The topological polar surface area (TPSA) is 54.5 Å². The van der Waals surface area contributed by atoms with Gasteiger partial charge in [0.15, 0.2) is 0 Å². The second-order valence-electron chi connectivity index (χ2n) is 3.63. The molecule has 4 atom stereocenters. The molecule has 3 aliphatic rings. The third-order valence-electron chi connectivity index (χ3n) is 3.07. The van der Waals surface area contributed by atoms with Crippen LogP contribution in [0.15, 0.2) is 12.2 Å². The molecule has 1 aliphatic heterocycles. The van der Waals surface area contributed by atoms with E-state index in [4.69, 9.17) is 10.7 Å². The summed E-state index contributed by atoms with van der Waals surface area (Å²) in [6.07, 6.45) is 3.68. The number of rotatable bonds is 1. The van der Waals surface area contributed by atoms with Crippen LogP contribution in [0.3, 0.4) is 0 Å². The summed E-state index contributed by atoms with van der Waals surface area (Å²) in [5.41, 5.74) is 0. The zero-order chi connectivity index (χ0) is 9.38. The van der Waals surface area contributed by atoms with Gasteiger partial charge in [0.25, 0.3) is 0 Å². The molecule has 2 aliphatic carbocycles. The maximum atomic E-state index is 11.5. The lowest BCUT2D eigenvalue weighted by molar-refractivity contribution is -0.126. The van der Waals surface area contributed by atoms with Gasteiger partial charge in [0.2, 0.25) is 5.91 Å². The molecule has 13 heavy (non-hydrogen) atoms. The van der Waals surface area contributed by atoms with E-state index < -0.39 is 9.24 Å². The second-order valence-corrected chi connectivity index (χ2v) is 6.02. The number of piperidine rings is 1. The van der Waals surface area contributed by atoms with E-state index in [1.54, 1.807) is 6.08 Å². The second kappa shape index (κ2) is 1.93. The van der Waals surface area contributed by atoms with Crippen LogP contribution in [0.2, 0.25) is 0 Å². The van der Waals surface area contributed by atoms with Crippen molar-refractivity contribution in [1.29, 1.82) is 0 Å². The Kier molecular flexibility index (Phi) is 1.16. The molecule has 4 unspecified atom stereocenters. The highest BCUT2D eigenvalue weighted by Crippen LogP contribution is 2.61. The van der Waals surface area contributed by atoms with E-state index in [1.807, 2.05) is 6.08 Å². The van der Waals surface area contributed by atoms with Crippen LogP contribution in [0.25, 0.3) is 0 Å². The molecule has 0 aromatic carbocycles. The van der Waals surface area contributed by atoms with Crippen LogP contribution in [0.5, 0.6) is 0 Å². The van der Waals surface area contributed by atoms with E-state index in [0.29, 0.717) is 0 Å². The quantitative estimate of drug-likeness (QED) is 0.465. The van der Waals surface area contributed by atoms with Gasteiger partial charge in [-0.3, -0.25) is 4.79 Å². The SMILES string of the molecule is O=C1C2C3C=CC(C32)N1S(=O)(=O)Cl. The van der Waals surface area contributed by atoms with Crippen LogP contribution in [-0.2, 0) is 14.0 Å². The molecule has 0 bridgehead atoms. The van der Waals surface area contributed by atoms with Crippen molar-refractivity contribution < 1.29 is 13.2 Å². The number of halogens is 1. The van der Waals surface area contributed by atoms with Gasteiger partial charge in [-0.15, -0.1) is 0 Å². The van der Waals surface area contributed by atoms with Crippen LogP contribution in [0, 0.1) is 17.8 Å². The summed E-state index contributed by atoms with van der Waals surface area (Å²) >= 11 is 0. The minimum Gasteiger partial charge on any atom is -0.273 e. The minimum atomic E-state index is -3.88. The maximum Gasteiger partial charge on any atom is 0.324 e. The lowest BCUT2D eigenvalue weighted by Crippen LogP contribution is -2.37. The molecule has 0 aromatic rings. The smallest absolute Gasteiger partial charge is 0.273 e. The first-order chi connectivity index (χ1) is 6.02. The highest BCUT2D eigenvalue weighted by atomic mass is 35.7. The monoisotopic (exact) mass is 219 g/mol. The summed E-state index contributed by atoms with van der Waals surface area (Å²) in [6, 6.07) is -0.301. The Bertz CT molecular complexity index is 429. The zero-order valence-corrected chi connectivity index (χ0v) is 7.99. The molecule has 0 radical (unpaired) electrons. The number of carbonyl (C=O) groups excluding carboxylic acids is 1. The Morgan fingerprint density at radius 1 is 1.38 bits per heavy atom. The van der Waals surface area contributed by atoms with E-state index in [9.17, 15) is 13.2 Å². The van der Waals surface area contributed by atoms with Gasteiger partial charge in [0, 0.05) is 16.6 Å². The molecule has 70 valence electrons. The van der Waals surface area contributed by atoms with E-state index in [-0.39, 0.29) is 29.7 Å². The van der Waals surface area contributed by atoms with Crippen LogP contribution < -0.4 is 0 Å². The maximum absolute atomic E-state index is 11.5. The first kappa shape index (κ1) is 7.82. The van der Waals surface area contributed by atoms with Crippen molar-refractivity contribution in [2.24, 2.45) is 17.8 Å². The van der Waals surface area contributed by atoms with Crippen molar-refractivity contribution in [1.82, 2.24) is 4.31 Å². The van der Waals surface area contributed by atoms with Crippen LogP contribution in [-0.4, -0.2) is 24.7 Å². The van der Waals surface area contributed by atoms with Gasteiger partial charge in [0.1, 0.15) is 0 Å². The third kappa shape index (κ3) is 0.770. The van der Waals surface area contributed by atoms with Gasteiger partial charge in [-0.2, -0.15) is 8.42 Å². The summed E-state index contributed by atoms with van der Waals surface area (Å²) in [6.45, 7) is 0. The Morgan fingerprint density at radius 2 is 2.08 bits per heavy atom. The largest absolute Gasteiger partial charge is 0.324 e. The van der Waals surface area contributed by atoms with Gasteiger partial charge in [-0.25, -0.2) is 4.31 Å². The molecule has 0 N–H and O–H groups in total. The minimum absolute atomic E-state index is 0.108. The first-order valence-corrected chi connectivity index (χ1v) is 6.24. The standard InChI is InChI=1S/C7H6ClNO3S/c8-13(11,12)9-4-2-1-3-5(4)6(3)7(9)10/h1-6H. The van der Waals surface area contributed by atoms with Gasteiger partial charge >= 0.3 is 9.24 Å². The fraction of sp³-hybridized carbons (Fsp3) is 0.571. The van der Waals surface area contributed by atoms with E-state index >= 15 is 0 Å². The number of allylic oxidation sites excluding steroid dienone is 1. The van der Waals surface area contributed by atoms with Crippen molar-refractivity contribution in [2.75, 3.05) is 0 Å². The number of fused-ring (bicyclic) bond motifs is 1. The molecule has 1 amide bonds. The molecule has 1 saturated heterocycles. The summed E-state index contributed by atoms with van der Waals surface area (Å²) in [5, 5.41) is 0. The summed E-state index contributed by atoms with van der Waals surface area (Å²) in [5.74, 6) is 0.0247. The summed E-state index contributed by atoms with van der Waals surface area (Å²) in [7, 11) is 1.27. The van der Waals surface area contributed by atoms with Crippen molar-refractivity contribution in [3.05, 3.63) is 12.2 Å². The normalized spacial score (nSPS) is 45.6. The molecule has 1 saturated carbocycles. The van der Waals surface area contributed by atoms with E-state index in [0.717, 1.165) is 4.31 Å². The van der Waals surface area contributed by atoms with Crippen molar-refractivity contribution in [3.8, 4) is 0 Å². The Morgan fingerprint density at radius 3 is 2.62 bits per heavy atom. The number of nitrogens with zero attached hydrogens (tertiary/aromatic N) is 1. The molecular weight excluding hydrogens is 214 g/mol. The Hall–Kier alpha value is -0.550. The predicted molar refractivity (Wildman–Crippen MR) is 45.0 cm³/mol. The lowest BCUT2D eigenvalue weighted by atomic mass is 10.2. The third-order valence-corrected chi connectivity index (χ3v) is 4.41. The Labute approximate surface area is 79.7 Å². The molecule has 4 nitrogen and oxygen atoms in total. The average molecular weight is 220 g/mol. The fourth-order valence-corrected chi connectivity index (χ4v) is 3.85. The van der Waals surface area contributed by atoms with Crippen molar-refractivity contribution in [2.45, 2.75) is 6.04 Å². The number of carbonyl (C=O) groups is 1. The Balaban J connectivity index is 2.09. The fourth-order valence-electron chi connectivity index (χ4n) is 2.53. The van der Waals surface area contributed by atoms with Gasteiger partial charge < -0.3 is 0 Å². The molecule has 1 heterocycles. The van der Waals surface area contributed by atoms with Gasteiger partial charge in [0.05, 0.1) is 12.0 Å². The average Bonchev–Trinajstić information content (AvgIpc) is 2.48. The number of hydrogen-bond acceptors (Lipinski definition) is 3. The zero-order valence-electron chi connectivity index (χ0n) is 6.42. The number of amides is 1. The van der Waals surface area contributed by atoms with Gasteiger partial charge in [-0.05, 0) is 5.92 Å². The van der Waals surface area contributed by atoms with Crippen LogP contribution in [0.1, 0.15) is 0 Å². The predicted octanol–water partition coefficient (Wildman–Crippen LogP) is 0.113. The highest BCUT2D eigenvalue weighted by molar-refractivity contribution is 8.12.